The molecular formula is C14H11ClF2N2O. The Morgan fingerprint density at radius 3 is 2.50 bits per heavy atom. The van der Waals surface area contributed by atoms with E-state index in [1.165, 1.54) is 12.1 Å². The van der Waals surface area contributed by atoms with Crippen molar-refractivity contribution in [2.45, 2.75) is 12.5 Å². The van der Waals surface area contributed by atoms with Gasteiger partial charge in [0.25, 0.3) is 0 Å². The third-order valence-corrected chi connectivity index (χ3v) is 2.52. The van der Waals surface area contributed by atoms with Crippen molar-refractivity contribution in [3.05, 3.63) is 54.4 Å². The Labute approximate surface area is 119 Å². The number of rotatable bonds is 4. The number of hydrogen-bond donors (Lipinski definition) is 0. The molecule has 20 heavy (non-hydrogen) atoms. The molecule has 1 aromatic carbocycles. The average molecular weight is 297 g/mol. The molecule has 0 aliphatic carbocycles. The molecule has 6 heteroatoms. The first-order valence-electron chi connectivity index (χ1n) is 5.75. The van der Waals surface area contributed by atoms with Crippen LogP contribution in [0.3, 0.4) is 0 Å². The zero-order valence-corrected chi connectivity index (χ0v) is 11.3. The van der Waals surface area contributed by atoms with Gasteiger partial charge < -0.3 is 4.74 Å². The van der Waals surface area contributed by atoms with E-state index in [0.29, 0.717) is 5.69 Å². The molecule has 0 aliphatic rings. The monoisotopic (exact) mass is 296 g/mol. The van der Waals surface area contributed by atoms with Crippen LogP contribution < -0.4 is 4.74 Å². The Balaban J connectivity index is 2.15. The fourth-order valence-corrected chi connectivity index (χ4v) is 1.65. The SMILES string of the molecule is C/C(=N\c1ccc(OC(F)(F)Cl)cc1)c1cccnc1. The second-order valence-electron chi connectivity index (χ2n) is 3.98. The molecule has 0 aliphatic heterocycles. The molecule has 0 amide bonds. The quantitative estimate of drug-likeness (QED) is 0.619. The third kappa shape index (κ3) is 4.28. The average Bonchev–Trinajstić information content (AvgIpc) is 2.40. The molecular weight excluding hydrogens is 286 g/mol. The molecule has 0 spiro atoms. The summed E-state index contributed by atoms with van der Waals surface area (Å²) in [6, 6.07) is 9.60. The first-order valence-corrected chi connectivity index (χ1v) is 6.13. The number of nitrogens with zero attached hydrogens (tertiary/aromatic N) is 2. The van der Waals surface area contributed by atoms with Crippen LogP contribution in [0.25, 0.3) is 0 Å². The van der Waals surface area contributed by atoms with Crippen LogP contribution in [-0.2, 0) is 0 Å². The molecule has 0 unspecified atom stereocenters. The minimum atomic E-state index is -3.71. The lowest BCUT2D eigenvalue weighted by atomic mass is 10.2. The summed E-state index contributed by atoms with van der Waals surface area (Å²) < 4.78 is 29.1. The molecule has 0 saturated heterocycles. The summed E-state index contributed by atoms with van der Waals surface area (Å²) in [5.41, 5.74) is -1.43. The normalized spacial score (nSPS) is 12.3. The number of ether oxygens (including phenoxy) is 1. The molecule has 3 nitrogen and oxygen atoms in total. The summed E-state index contributed by atoms with van der Waals surface area (Å²) in [6.07, 6.45) is 3.37. The number of aliphatic imine (C=N–C) groups is 1. The van der Waals surface area contributed by atoms with Crippen molar-refractivity contribution in [2.75, 3.05) is 0 Å². The van der Waals surface area contributed by atoms with E-state index in [9.17, 15) is 8.78 Å². The van der Waals surface area contributed by atoms with Gasteiger partial charge in [-0.1, -0.05) is 6.07 Å². The Kier molecular flexibility index (Phi) is 4.29. The summed E-state index contributed by atoms with van der Waals surface area (Å²) in [5, 5.41) is 0. The highest BCUT2D eigenvalue weighted by Gasteiger charge is 2.27. The van der Waals surface area contributed by atoms with Crippen LogP contribution in [0.4, 0.5) is 14.5 Å². The van der Waals surface area contributed by atoms with E-state index in [1.54, 1.807) is 24.5 Å². The molecule has 0 atom stereocenters. The zero-order valence-electron chi connectivity index (χ0n) is 10.6. The lowest BCUT2D eigenvalue weighted by Crippen LogP contribution is -2.15. The summed E-state index contributed by atoms with van der Waals surface area (Å²) >= 11 is 4.68. The van der Waals surface area contributed by atoms with Gasteiger partial charge >= 0.3 is 5.57 Å². The van der Waals surface area contributed by atoms with Gasteiger partial charge in [-0.05, 0) is 37.3 Å². The van der Waals surface area contributed by atoms with Gasteiger partial charge in [0.1, 0.15) is 5.75 Å². The van der Waals surface area contributed by atoms with Crippen LogP contribution >= 0.6 is 11.6 Å². The number of aromatic nitrogens is 1. The second kappa shape index (κ2) is 5.96. The highest BCUT2D eigenvalue weighted by molar-refractivity contribution is 6.20. The van der Waals surface area contributed by atoms with Crippen molar-refractivity contribution >= 4 is 23.0 Å². The molecule has 1 heterocycles. The van der Waals surface area contributed by atoms with Crippen molar-refractivity contribution in [2.24, 2.45) is 4.99 Å². The Bertz CT molecular complexity index is 595. The maximum atomic E-state index is 12.4. The van der Waals surface area contributed by atoms with E-state index in [-0.39, 0.29) is 5.75 Å². The first-order chi connectivity index (χ1) is 9.44. The summed E-state index contributed by atoms with van der Waals surface area (Å²) in [5.74, 6) is -0.0250. The standard InChI is InChI=1S/C14H11ClF2N2O/c1-10(11-3-2-8-18-9-11)19-12-4-6-13(7-5-12)20-14(15,16)17/h2-9H,1H3/b19-10+. The van der Waals surface area contributed by atoms with Gasteiger partial charge in [-0.3, -0.25) is 9.98 Å². The summed E-state index contributed by atoms with van der Waals surface area (Å²) in [6.45, 7) is 1.84. The number of pyridine rings is 1. The largest absolute Gasteiger partial charge is 0.487 e. The Hall–Kier alpha value is -2.01. The topological polar surface area (TPSA) is 34.5 Å². The Morgan fingerprint density at radius 1 is 1.25 bits per heavy atom. The van der Waals surface area contributed by atoms with Crippen LogP contribution in [0.2, 0.25) is 0 Å². The summed E-state index contributed by atoms with van der Waals surface area (Å²) in [4.78, 5) is 8.37. The number of hydrogen-bond acceptors (Lipinski definition) is 3. The maximum absolute atomic E-state index is 12.4. The molecule has 0 radical (unpaired) electrons. The molecule has 1 aromatic heterocycles. The van der Waals surface area contributed by atoms with Crippen molar-refractivity contribution in [3.63, 3.8) is 0 Å². The van der Waals surface area contributed by atoms with Crippen molar-refractivity contribution in [3.8, 4) is 5.75 Å². The Morgan fingerprint density at radius 2 is 1.95 bits per heavy atom. The van der Waals surface area contributed by atoms with Crippen molar-refractivity contribution in [1.82, 2.24) is 4.98 Å². The summed E-state index contributed by atoms with van der Waals surface area (Å²) in [7, 11) is 0. The molecule has 2 rings (SSSR count). The van der Waals surface area contributed by atoms with Gasteiger partial charge in [-0.15, -0.1) is 8.78 Å². The fourth-order valence-electron chi connectivity index (χ4n) is 1.56. The van der Waals surface area contributed by atoms with Crippen LogP contribution in [0.15, 0.2) is 53.8 Å². The van der Waals surface area contributed by atoms with Crippen LogP contribution in [-0.4, -0.2) is 16.3 Å². The number of halogens is 3. The minimum absolute atomic E-state index is 0.0250. The lowest BCUT2D eigenvalue weighted by Gasteiger charge is -2.10. The van der Waals surface area contributed by atoms with Crippen molar-refractivity contribution in [1.29, 1.82) is 0 Å². The van der Waals surface area contributed by atoms with Crippen molar-refractivity contribution < 1.29 is 13.5 Å². The van der Waals surface area contributed by atoms with E-state index in [4.69, 9.17) is 0 Å². The molecule has 0 bridgehead atoms. The van der Waals surface area contributed by atoms with Gasteiger partial charge in [0.2, 0.25) is 0 Å². The first kappa shape index (κ1) is 14.4. The van der Waals surface area contributed by atoms with Gasteiger partial charge in [-0.2, -0.15) is 0 Å². The van der Waals surface area contributed by atoms with Gasteiger partial charge in [0, 0.05) is 35.3 Å². The van der Waals surface area contributed by atoms with E-state index >= 15 is 0 Å². The van der Waals surface area contributed by atoms with E-state index in [0.717, 1.165) is 11.3 Å². The van der Waals surface area contributed by atoms with Gasteiger partial charge in [0.05, 0.1) is 5.69 Å². The molecule has 104 valence electrons. The molecule has 0 N–H and O–H groups in total. The van der Waals surface area contributed by atoms with Gasteiger partial charge in [-0.25, -0.2) is 0 Å². The fraction of sp³-hybridized carbons (Fsp3) is 0.143. The predicted molar refractivity (Wildman–Crippen MR) is 74.0 cm³/mol. The van der Waals surface area contributed by atoms with Crippen LogP contribution in [0.5, 0.6) is 5.75 Å². The van der Waals surface area contributed by atoms with Gasteiger partial charge in [0.15, 0.2) is 0 Å². The second-order valence-corrected chi connectivity index (χ2v) is 4.42. The highest BCUT2D eigenvalue weighted by Crippen LogP contribution is 2.26. The third-order valence-electron chi connectivity index (χ3n) is 2.45. The highest BCUT2D eigenvalue weighted by atomic mass is 35.5. The van der Waals surface area contributed by atoms with E-state index in [1.807, 2.05) is 19.1 Å². The number of alkyl halides is 3. The number of benzene rings is 1. The predicted octanol–water partition coefficient (Wildman–Crippen LogP) is 4.39. The minimum Gasteiger partial charge on any atom is -0.420 e. The molecule has 0 fully saturated rings. The van der Waals surface area contributed by atoms with E-state index < -0.39 is 5.57 Å². The van der Waals surface area contributed by atoms with Crippen LogP contribution in [0.1, 0.15) is 12.5 Å². The maximum Gasteiger partial charge on any atom is 0.487 e. The zero-order chi connectivity index (χ0) is 14.6. The van der Waals surface area contributed by atoms with Crippen LogP contribution in [0, 0.1) is 0 Å². The smallest absolute Gasteiger partial charge is 0.420 e. The van der Waals surface area contributed by atoms with E-state index in [2.05, 4.69) is 26.3 Å². The molecule has 2 aromatic rings. The lowest BCUT2D eigenvalue weighted by molar-refractivity contribution is -0.0964. The molecule has 0 saturated carbocycles.